The molecule has 0 atom stereocenters. The van der Waals surface area contributed by atoms with Crippen molar-refractivity contribution < 1.29 is 9.59 Å². The summed E-state index contributed by atoms with van der Waals surface area (Å²) in [5.74, 6) is -0.902. The molecule has 1 aliphatic carbocycles. The predicted molar refractivity (Wildman–Crippen MR) is 53.6 cm³/mol. The quantitative estimate of drug-likeness (QED) is 0.459. The number of nitrogens with zero attached hydrogens (tertiary/aromatic N) is 2. The van der Waals surface area contributed by atoms with Gasteiger partial charge in [0.15, 0.2) is 0 Å². The Bertz CT molecular complexity index is 338. The Kier molecular flexibility index (Phi) is 2.74. The van der Waals surface area contributed by atoms with E-state index in [-0.39, 0.29) is 0 Å². The first kappa shape index (κ1) is 10.5. The van der Waals surface area contributed by atoms with E-state index >= 15 is 0 Å². The summed E-state index contributed by atoms with van der Waals surface area (Å²) in [4.78, 5) is 26.2. The minimum Gasteiger partial charge on any atom is -0.376 e. The Hall–Kier alpha value is -1.58. The number of likely N-dealkylation sites (N-methyl/N-ethyl adjacent to an activating group) is 2. The molecule has 4 nitrogen and oxygen atoms in total. The summed E-state index contributed by atoms with van der Waals surface area (Å²) in [6, 6.07) is 0. The van der Waals surface area contributed by atoms with Crippen LogP contribution in [0, 0.1) is 0 Å². The fourth-order valence-electron chi connectivity index (χ4n) is 1.34. The van der Waals surface area contributed by atoms with Crippen molar-refractivity contribution in [1.82, 2.24) is 9.80 Å². The summed E-state index contributed by atoms with van der Waals surface area (Å²) in [6.07, 6.45) is 2.98. The van der Waals surface area contributed by atoms with Crippen molar-refractivity contribution in [3.8, 4) is 0 Å². The van der Waals surface area contributed by atoms with Gasteiger partial charge in [-0.3, -0.25) is 9.59 Å². The molecule has 0 heterocycles. The van der Waals surface area contributed by atoms with Crippen LogP contribution >= 0.6 is 0 Å². The van der Waals surface area contributed by atoms with Crippen LogP contribution in [0.15, 0.2) is 23.5 Å². The molecule has 4 heteroatoms. The van der Waals surface area contributed by atoms with Crippen molar-refractivity contribution >= 4 is 11.6 Å². The number of allylic oxidation sites excluding steroid dienone is 3. The SMILES string of the molecule is CN(C)C1=C(N(C)C)C(=O)C(=O)C=C1. The lowest BCUT2D eigenvalue weighted by molar-refractivity contribution is -0.132. The van der Waals surface area contributed by atoms with E-state index in [0.717, 1.165) is 5.70 Å². The average molecular weight is 194 g/mol. The maximum atomic E-state index is 11.6. The van der Waals surface area contributed by atoms with Gasteiger partial charge in [0.2, 0.25) is 5.78 Å². The topological polar surface area (TPSA) is 40.6 Å². The van der Waals surface area contributed by atoms with E-state index in [0.29, 0.717) is 5.70 Å². The van der Waals surface area contributed by atoms with Crippen LogP contribution in [-0.2, 0) is 9.59 Å². The van der Waals surface area contributed by atoms with Gasteiger partial charge in [-0.25, -0.2) is 0 Å². The largest absolute Gasteiger partial charge is 0.376 e. The lowest BCUT2D eigenvalue weighted by Crippen LogP contribution is -2.32. The van der Waals surface area contributed by atoms with Gasteiger partial charge < -0.3 is 9.80 Å². The zero-order chi connectivity index (χ0) is 10.9. The van der Waals surface area contributed by atoms with Crippen LogP contribution in [0.3, 0.4) is 0 Å². The van der Waals surface area contributed by atoms with Crippen LogP contribution in [0.1, 0.15) is 0 Å². The molecular weight excluding hydrogens is 180 g/mol. The molecule has 0 bridgehead atoms. The van der Waals surface area contributed by atoms with E-state index in [4.69, 9.17) is 0 Å². The van der Waals surface area contributed by atoms with Crippen molar-refractivity contribution in [2.24, 2.45) is 0 Å². The molecule has 0 fully saturated rings. The molecule has 0 aromatic rings. The van der Waals surface area contributed by atoms with E-state index in [9.17, 15) is 9.59 Å². The highest BCUT2D eigenvalue weighted by molar-refractivity contribution is 6.48. The van der Waals surface area contributed by atoms with Crippen LogP contribution in [0.2, 0.25) is 0 Å². The van der Waals surface area contributed by atoms with Gasteiger partial charge in [-0.15, -0.1) is 0 Å². The lowest BCUT2D eigenvalue weighted by Gasteiger charge is -2.25. The molecule has 0 spiro atoms. The minimum absolute atomic E-state index is 0.443. The maximum Gasteiger partial charge on any atom is 0.250 e. The Labute approximate surface area is 83.5 Å². The first-order valence-corrected chi connectivity index (χ1v) is 4.30. The fourth-order valence-corrected chi connectivity index (χ4v) is 1.34. The zero-order valence-corrected chi connectivity index (χ0v) is 8.87. The molecular formula is C10H14N2O2. The average Bonchev–Trinajstić information content (AvgIpc) is 2.08. The third-order valence-electron chi connectivity index (χ3n) is 2.00. The Morgan fingerprint density at radius 2 is 1.50 bits per heavy atom. The Morgan fingerprint density at radius 3 is 1.93 bits per heavy atom. The van der Waals surface area contributed by atoms with Crippen molar-refractivity contribution in [2.45, 2.75) is 0 Å². The van der Waals surface area contributed by atoms with Crippen molar-refractivity contribution in [2.75, 3.05) is 28.2 Å². The third-order valence-corrected chi connectivity index (χ3v) is 2.00. The molecule has 0 aliphatic heterocycles. The third kappa shape index (κ3) is 1.69. The smallest absolute Gasteiger partial charge is 0.250 e. The highest BCUT2D eigenvalue weighted by Crippen LogP contribution is 2.17. The summed E-state index contributed by atoms with van der Waals surface area (Å²) >= 11 is 0. The van der Waals surface area contributed by atoms with Crippen LogP contribution < -0.4 is 0 Å². The van der Waals surface area contributed by atoms with Crippen LogP contribution in [0.5, 0.6) is 0 Å². The van der Waals surface area contributed by atoms with Gasteiger partial charge in [-0.2, -0.15) is 0 Å². The van der Waals surface area contributed by atoms with Gasteiger partial charge in [-0.1, -0.05) is 0 Å². The fraction of sp³-hybridized carbons (Fsp3) is 0.400. The van der Waals surface area contributed by atoms with E-state index in [2.05, 4.69) is 0 Å². The molecule has 0 unspecified atom stereocenters. The molecule has 14 heavy (non-hydrogen) atoms. The van der Waals surface area contributed by atoms with E-state index in [1.165, 1.54) is 6.08 Å². The normalized spacial score (nSPS) is 16.3. The van der Waals surface area contributed by atoms with Gasteiger partial charge in [0.05, 0.1) is 5.70 Å². The van der Waals surface area contributed by atoms with Crippen molar-refractivity contribution in [3.63, 3.8) is 0 Å². The van der Waals surface area contributed by atoms with E-state index in [1.54, 1.807) is 25.1 Å². The number of hydrogen-bond donors (Lipinski definition) is 0. The number of hydrogen-bond acceptors (Lipinski definition) is 4. The second-order valence-corrected chi connectivity index (χ2v) is 3.55. The first-order valence-electron chi connectivity index (χ1n) is 4.30. The molecule has 1 rings (SSSR count). The molecule has 1 aliphatic rings. The number of Topliss-reactive ketones (excluding diaryl/α,β-unsaturated/α-hetero) is 1. The molecule has 0 radical (unpaired) electrons. The summed E-state index contributed by atoms with van der Waals surface area (Å²) < 4.78 is 0. The maximum absolute atomic E-state index is 11.6. The standard InChI is InChI=1S/C10H14N2O2/c1-11(2)7-5-6-8(13)10(14)9(7)12(3)4/h5-6H,1-4H3. The number of ketones is 2. The predicted octanol–water partition coefficient (Wildman–Crippen LogP) is 0.0292. The van der Waals surface area contributed by atoms with Gasteiger partial charge in [0, 0.05) is 28.2 Å². The van der Waals surface area contributed by atoms with Gasteiger partial charge in [-0.05, 0) is 12.2 Å². The second kappa shape index (κ2) is 3.65. The Balaban J connectivity index is 3.24. The number of carbonyl (C=O) groups is 2. The highest BCUT2D eigenvalue weighted by atomic mass is 16.2. The van der Waals surface area contributed by atoms with Crippen molar-refractivity contribution in [1.29, 1.82) is 0 Å². The second-order valence-electron chi connectivity index (χ2n) is 3.55. The molecule has 0 N–H and O–H groups in total. The first-order chi connectivity index (χ1) is 6.45. The molecule has 0 saturated carbocycles. The van der Waals surface area contributed by atoms with Crippen molar-refractivity contribution in [3.05, 3.63) is 23.5 Å². The lowest BCUT2D eigenvalue weighted by atomic mass is 10.0. The zero-order valence-electron chi connectivity index (χ0n) is 8.87. The summed E-state index contributed by atoms with van der Waals surface area (Å²) in [6.45, 7) is 0. The highest BCUT2D eigenvalue weighted by Gasteiger charge is 2.26. The molecule has 0 aromatic carbocycles. The summed E-state index contributed by atoms with van der Waals surface area (Å²) in [5.41, 5.74) is 1.21. The van der Waals surface area contributed by atoms with Gasteiger partial charge in [0.1, 0.15) is 5.70 Å². The molecule has 0 amide bonds. The summed E-state index contributed by atoms with van der Waals surface area (Å²) in [5, 5.41) is 0. The number of carbonyl (C=O) groups excluding carboxylic acids is 2. The van der Waals surface area contributed by atoms with E-state index < -0.39 is 11.6 Å². The minimum atomic E-state index is -0.459. The van der Waals surface area contributed by atoms with Gasteiger partial charge >= 0.3 is 0 Å². The molecule has 0 saturated heterocycles. The Morgan fingerprint density at radius 1 is 0.929 bits per heavy atom. The van der Waals surface area contributed by atoms with Crippen LogP contribution in [0.4, 0.5) is 0 Å². The molecule has 0 aromatic heterocycles. The molecule has 76 valence electrons. The van der Waals surface area contributed by atoms with E-state index in [1.807, 2.05) is 19.0 Å². The van der Waals surface area contributed by atoms with Crippen LogP contribution in [-0.4, -0.2) is 49.6 Å². The van der Waals surface area contributed by atoms with Crippen LogP contribution in [0.25, 0.3) is 0 Å². The van der Waals surface area contributed by atoms with Gasteiger partial charge in [0.25, 0.3) is 5.78 Å². The number of rotatable bonds is 2. The summed E-state index contributed by atoms with van der Waals surface area (Å²) in [7, 11) is 7.19. The monoisotopic (exact) mass is 194 g/mol.